The summed E-state index contributed by atoms with van der Waals surface area (Å²) in [5, 5.41) is 3.75. The van der Waals surface area contributed by atoms with E-state index < -0.39 is 0 Å². The van der Waals surface area contributed by atoms with Gasteiger partial charge in [-0.15, -0.1) is 0 Å². The maximum atomic E-state index is 5.39. The summed E-state index contributed by atoms with van der Waals surface area (Å²) in [6.45, 7) is 7.03. The van der Waals surface area contributed by atoms with Crippen LogP contribution in [0.15, 0.2) is 22.8 Å². The minimum Gasteiger partial charge on any atom is -0.469 e. The third-order valence-electron chi connectivity index (χ3n) is 3.81. The lowest BCUT2D eigenvalue weighted by Crippen LogP contribution is -2.42. The first kappa shape index (κ1) is 12.7. The molecule has 0 aliphatic heterocycles. The first-order valence-corrected chi connectivity index (χ1v) is 6.84. The minimum atomic E-state index is 0.500. The molecule has 1 fully saturated rings. The largest absolute Gasteiger partial charge is 0.469 e. The molecular weight excluding hydrogens is 210 g/mol. The Morgan fingerprint density at radius 1 is 1.53 bits per heavy atom. The van der Waals surface area contributed by atoms with E-state index in [1.54, 1.807) is 6.26 Å². The Kier molecular flexibility index (Phi) is 3.93. The van der Waals surface area contributed by atoms with Gasteiger partial charge in [0.2, 0.25) is 0 Å². The Morgan fingerprint density at radius 2 is 2.35 bits per heavy atom. The Balaban J connectivity index is 1.80. The highest BCUT2D eigenvalue weighted by Crippen LogP contribution is 2.35. The molecule has 2 rings (SSSR count). The molecule has 2 nitrogen and oxygen atoms in total. The Hall–Kier alpha value is -0.760. The van der Waals surface area contributed by atoms with Gasteiger partial charge in [0, 0.05) is 18.5 Å². The number of hydrogen-bond donors (Lipinski definition) is 1. The number of nitrogens with one attached hydrogen (secondary N) is 1. The SMILES string of the molecule is CC(Cc1ccco1)NC1CCCC(C)(C)C1. The summed E-state index contributed by atoms with van der Waals surface area (Å²) in [4.78, 5) is 0. The van der Waals surface area contributed by atoms with Crippen LogP contribution < -0.4 is 5.32 Å². The van der Waals surface area contributed by atoms with E-state index in [0.29, 0.717) is 17.5 Å². The molecular formula is C15H25NO. The molecule has 1 N–H and O–H groups in total. The molecule has 1 saturated carbocycles. The molecule has 0 radical (unpaired) electrons. The van der Waals surface area contributed by atoms with Crippen LogP contribution in [-0.2, 0) is 6.42 Å². The number of hydrogen-bond acceptors (Lipinski definition) is 2. The van der Waals surface area contributed by atoms with Crippen molar-refractivity contribution in [2.24, 2.45) is 5.41 Å². The van der Waals surface area contributed by atoms with Gasteiger partial charge >= 0.3 is 0 Å². The molecule has 0 bridgehead atoms. The third kappa shape index (κ3) is 3.88. The number of furan rings is 1. The van der Waals surface area contributed by atoms with Crippen LogP contribution in [0.5, 0.6) is 0 Å². The summed E-state index contributed by atoms with van der Waals surface area (Å²) in [6, 6.07) is 5.21. The second kappa shape index (κ2) is 5.26. The molecule has 0 amide bonds. The van der Waals surface area contributed by atoms with Crippen molar-refractivity contribution >= 4 is 0 Å². The van der Waals surface area contributed by atoms with Crippen LogP contribution in [-0.4, -0.2) is 12.1 Å². The second-order valence-corrected chi connectivity index (χ2v) is 6.31. The smallest absolute Gasteiger partial charge is 0.105 e. The average molecular weight is 235 g/mol. The summed E-state index contributed by atoms with van der Waals surface area (Å²) in [7, 11) is 0. The monoisotopic (exact) mass is 235 g/mol. The summed E-state index contributed by atoms with van der Waals surface area (Å²) in [5.74, 6) is 1.08. The highest BCUT2D eigenvalue weighted by atomic mass is 16.3. The Morgan fingerprint density at radius 3 is 3.00 bits per heavy atom. The highest BCUT2D eigenvalue weighted by Gasteiger charge is 2.28. The fourth-order valence-electron chi connectivity index (χ4n) is 3.03. The van der Waals surface area contributed by atoms with Crippen molar-refractivity contribution in [2.45, 2.75) is 65.0 Å². The first-order chi connectivity index (χ1) is 8.05. The Labute approximate surface area is 105 Å². The highest BCUT2D eigenvalue weighted by molar-refractivity contribution is 5.00. The van der Waals surface area contributed by atoms with Gasteiger partial charge in [-0.1, -0.05) is 20.3 Å². The molecule has 17 heavy (non-hydrogen) atoms. The molecule has 1 aromatic rings. The van der Waals surface area contributed by atoms with Crippen LogP contribution >= 0.6 is 0 Å². The second-order valence-electron chi connectivity index (χ2n) is 6.31. The summed E-state index contributed by atoms with van der Waals surface area (Å²) >= 11 is 0. The topological polar surface area (TPSA) is 25.2 Å². The van der Waals surface area contributed by atoms with Crippen molar-refractivity contribution in [1.82, 2.24) is 5.32 Å². The van der Waals surface area contributed by atoms with Crippen molar-refractivity contribution < 1.29 is 4.42 Å². The van der Waals surface area contributed by atoms with E-state index in [4.69, 9.17) is 4.42 Å². The molecule has 0 spiro atoms. The molecule has 0 aromatic carbocycles. The van der Waals surface area contributed by atoms with Gasteiger partial charge in [0.05, 0.1) is 6.26 Å². The number of rotatable bonds is 4. The van der Waals surface area contributed by atoms with E-state index in [9.17, 15) is 0 Å². The molecule has 2 heteroatoms. The van der Waals surface area contributed by atoms with Gasteiger partial charge in [0.15, 0.2) is 0 Å². The van der Waals surface area contributed by atoms with Crippen LogP contribution in [0.2, 0.25) is 0 Å². The zero-order valence-corrected chi connectivity index (χ0v) is 11.3. The lowest BCUT2D eigenvalue weighted by Gasteiger charge is -2.37. The predicted octanol–water partition coefficient (Wildman–Crippen LogP) is 3.77. The molecule has 1 aliphatic carbocycles. The fourth-order valence-corrected chi connectivity index (χ4v) is 3.03. The third-order valence-corrected chi connectivity index (χ3v) is 3.81. The molecule has 2 unspecified atom stereocenters. The predicted molar refractivity (Wildman–Crippen MR) is 71.0 cm³/mol. The van der Waals surface area contributed by atoms with Gasteiger partial charge in [-0.25, -0.2) is 0 Å². The van der Waals surface area contributed by atoms with Crippen molar-refractivity contribution in [1.29, 1.82) is 0 Å². The average Bonchev–Trinajstić information content (AvgIpc) is 2.68. The van der Waals surface area contributed by atoms with Crippen molar-refractivity contribution in [2.75, 3.05) is 0 Å². The maximum Gasteiger partial charge on any atom is 0.105 e. The van der Waals surface area contributed by atoms with Crippen LogP contribution in [0.4, 0.5) is 0 Å². The van der Waals surface area contributed by atoms with Crippen molar-refractivity contribution in [3.8, 4) is 0 Å². The molecule has 2 atom stereocenters. The summed E-state index contributed by atoms with van der Waals surface area (Å²) in [6.07, 6.45) is 8.10. The van der Waals surface area contributed by atoms with Gasteiger partial charge in [0.25, 0.3) is 0 Å². The molecule has 1 aromatic heterocycles. The lowest BCUT2D eigenvalue weighted by atomic mass is 9.75. The van der Waals surface area contributed by atoms with Crippen molar-refractivity contribution in [3.05, 3.63) is 24.2 Å². The van der Waals surface area contributed by atoms with Crippen LogP contribution in [0.25, 0.3) is 0 Å². The normalized spacial score (nSPS) is 25.7. The van der Waals surface area contributed by atoms with Crippen molar-refractivity contribution in [3.63, 3.8) is 0 Å². The van der Waals surface area contributed by atoms with Gasteiger partial charge in [-0.05, 0) is 43.7 Å². The Bertz CT molecular complexity index is 329. The maximum absolute atomic E-state index is 5.39. The van der Waals surface area contributed by atoms with E-state index in [0.717, 1.165) is 12.2 Å². The fraction of sp³-hybridized carbons (Fsp3) is 0.733. The van der Waals surface area contributed by atoms with Gasteiger partial charge in [-0.3, -0.25) is 0 Å². The van der Waals surface area contributed by atoms with Gasteiger partial charge in [-0.2, -0.15) is 0 Å². The van der Waals surface area contributed by atoms with Gasteiger partial charge < -0.3 is 9.73 Å². The van der Waals surface area contributed by atoms with E-state index in [1.165, 1.54) is 25.7 Å². The standard InChI is InChI=1S/C15H25NO/c1-12(10-14-7-5-9-17-14)16-13-6-4-8-15(2,3)11-13/h5,7,9,12-13,16H,4,6,8,10-11H2,1-3H3. The zero-order chi connectivity index (χ0) is 12.3. The molecule has 96 valence electrons. The molecule has 1 heterocycles. The van der Waals surface area contributed by atoms with E-state index in [2.05, 4.69) is 32.2 Å². The molecule has 0 saturated heterocycles. The quantitative estimate of drug-likeness (QED) is 0.859. The first-order valence-electron chi connectivity index (χ1n) is 6.84. The van der Waals surface area contributed by atoms with E-state index >= 15 is 0 Å². The summed E-state index contributed by atoms with van der Waals surface area (Å²) < 4.78 is 5.39. The van der Waals surface area contributed by atoms with Crippen LogP contribution in [0.3, 0.4) is 0 Å². The molecule has 1 aliphatic rings. The zero-order valence-electron chi connectivity index (χ0n) is 11.3. The summed E-state index contributed by atoms with van der Waals surface area (Å²) in [5.41, 5.74) is 0.514. The minimum absolute atomic E-state index is 0.500. The van der Waals surface area contributed by atoms with E-state index in [1.807, 2.05) is 6.07 Å². The van der Waals surface area contributed by atoms with Crippen LogP contribution in [0.1, 0.15) is 52.2 Å². The van der Waals surface area contributed by atoms with E-state index in [-0.39, 0.29) is 0 Å². The van der Waals surface area contributed by atoms with Crippen LogP contribution in [0, 0.1) is 5.41 Å². The lowest BCUT2D eigenvalue weighted by molar-refractivity contribution is 0.189. The van der Waals surface area contributed by atoms with Gasteiger partial charge in [0.1, 0.15) is 5.76 Å².